The molecule has 6 heteroatoms. The van der Waals surface area contributed by atoms with Crippen molar-refractivity contribution in [3.8, 4) is 0 Å². The summed E-state index contributed by atoms with van der Waals surface area (Å²) in [5.41, 5.74) is 8.88. The third-order valence-electron chi connectivity index (χ3n) is 7.86. The lowest BCUT2D eigenvalue weighted by Crippen LogP contribution is -2.52. The van der Waals surface area contributed by atoms with Gasteiger partial charge in [-0.15, -0.1) is 0 Å². The standard InChI is InChI=1S/C27H41N3O3/c1-18(2)6-7-20-8-9-21-17-26(12-10-22(11-13-26)33-19(3)4)27(23(21)16-20)24(31)30(14-15-32-5)25(28)29-27/h8-9,16,18-19,22H,6-7,10-15,17H2,1-5H3,(H2,28,29)/t22-,26-,27?. The predicted octanol–water partition coefficient (Wildman–Crippen LogP) is 4.18. The minimum absolute atomic E-state index is 0.0278. The summed E-state index contributed by atoms with van der Waals surface area (Å²) in [4.78, 5) is 20.9. The van der Waals surface area contributed by atoms with Gasteiger partial charge in [0.15, 0.2) is 11.5 Å². The molecule has 0 radical (unpaired) electrons. The Hall–Kier alpha value is -1.92. The summed E-state index contributed by atoms with van der Waals surface area (Å²) in [6, 6.07) is 6.75. The van der Waals surface area contributed by atoms with E-state index in [0.29, 0.717) is 25.0 Å². The molecule has 1 heterocycles. The van der Waals surface area contributed by atoms with Crippen LogP contribution >= 0.6 is 0 Å². The summed E-state index contributed by atoms with van der Waals surface area (Å²) in [5, 5.41) is 0. The lowest BCUT2D eigenvalue weighted by atomic mass is 9.61. The fourth-order valence-electron chi connectivity index (χ4n) is 6.21. The molecule has 182 valence electrons. The Kier molecular flexibility index (Phi) is 6.88. The number of carbonyl (C=O) groups is 1. The molecule has 0 aromatic heterocycles. The number of methoxy groups -OCH3 is 1. The number of benzene rings is 1. The molecule has 2 aliphatic carbocycles. The topological polar surface area (TPSA) is 77.2 Å². The number of guanidine groups is 1. The van der Waals surface area contributed by atoms with E-state index < -0.39 is 5.54 Å². The third kappa shape index (κ3) is 4.21. The number of aliphatic imine (C=N–C) groups is 1. The first-order valence-corrected chi connectivity index (χ1v) is 12.7. The molecule has 1 fully saturated rings. The highest BCUT2D eigenvalue weighted by molar-refractivity contribution is 6.08. The number of carbonyl (C=O) groups excluding carboxylic acids is 1. The van der Waals surface area contributed by atoms with E-state index in [9.17, 15) is 4.79 Å². The fraction of sp³-hybridized carbons (Fsp3) is 0.704. The Bertz CT molecular complexity index is 902. The summed E-state index contributed by atoms with van der Waals surface area (Å²) in [7, 11) is 1.65. The van der Waals surface area contributed by atoms with E-state index in [1.807, 2.05) is 0 Å². The first-order valence-electron chi connectivity index (χ1n) is 12.7. The molecule has 2 N–H and O–H groups in total. The van der Waals surface area contributed by atoms with E-state index in [4.69, 9.17) is 20.2 Å². The van der Waals surface area contributed by atoms with E-state index in [1.54, 1.807) is 12.0 Å². The highest BCUT2D eigenvalue weighted by atomic mass is 16.5. The van der Waals surface area contributed by atoms with Crippen LogP contribution < -0.4 is 5.73 Å². The Morgan fingerprint density at radius 3 is 2.58 bits per heavy atom. The molecule has 1 atom stereocenters. The number of fused-ring (bicyclic) bond motifs is 3. The number of nitrogens with two attached hydrogens (primary N) is 1. The summed E-state index contributed by atoms with van der Waals surface area (Å²) in [6.45, 7) is 9.56. The average Bonchev–Trinajstić information content (AvgIpc) is 3.18. The Morgan fingerprint density at radius 2 is 1.94 bits per heavy atom. The Labute approximate surface area is 198 Å². The monoisotopic (exact) mass is 455 g/mol. The lowest BCUT2D eigenvalue weighted by molar-refractivity contribution is -0.139. The van der Waals surface area contributed by atoms with Crippen molar-refractivity contribution >= 4 is 11.9 Å². The second kappa shape index (κ2) is 9.38. The van der Waals surface area contributed by atoms with Gasteiger partial charge in [0, 0.05) is 12.5 Å². The van der Waals surface area contributed by atoms with Crippen molar-refractivity contribution in [2.75, 3.05) is 20.3 Å². The van der Waals surface area contributed by atoms with Gasteiger partial charge < -0.3 is 15.2 Å². The van der Waals surface area contributed by atoms with Crippen molar-refractivity contribution in [1.29, 1.82) is 0 Å². The molecule has 6 nitrogen and oxygen atoms in total. The molecule has 1 amide bonds. The van der Waals surface area contributed by atoms with E-state index in [2.05, 4.69) is 45.9 Å². The minimum atomic E-state index is -0.920. The van der Waals surface area contributed by atoms with Gasteiger partial charge in [0.25, 0.3) is 5.91 Å². The molecule has 1 saturated carbocycles. The SMILES string of the molecule is COCCN1C(=O)C2(N=C1N)c1cc(CCC(C)C)ccc1C[C@]21CC[C@@H](OC(C)C)CC1. The molecule has 2 spiro atoms. The van der Waals surface area contributed by atoms with Gasteiger partial charge in [-0.3, -0.25) is 9.69 Å². The molecule has 0 saturated heterocycles. The van der Waals surface area contributed by atoms with E-state index >= 15 is 0 Å². The number of hydrogen-bond acceptors (Lipinski definition) is 5. The predicted molar refractivity (Wildman–Crippen MR) is 131 cm³/mol. The van der Waals surface area contributed by atoms with Crippen molar-refractivity contribution in [2.45, 2.75) is 90.4 Å². The molecule has 1 unspecified atom stereocenters. The van der Waals surface area contributed by atoms with Crippen LogP contribution in [0.2, 0.25) is 0 Å². The first-order chi connectivity index (χ1) is 15.7. The van der Waals surface area contributed by atoms with Gasteiger partial charge in [-0.25, -0.2) is 4.99 Å². The Balaban J connectivity index is 1.73. The molecule has 4 rings (SSSR count). The van der Waals surface area contributed by atoms with Crippen molar-refractivity contribution < 1.29 is 14.3 Å². The van der Waals surface area contributed by atoms with Crippen LogP contribution in [0.15, 0.2) is 23.2 Å². The van der Waals surface area contributed by atoms with Gasteiger partial charge >= 0.3 is 0 Å². The molecular formula is C27H41N3O3. The third-order valence-corrected chi connectivity index (χ3v) is 7.86. The zero-order valence-corrected chi connectivity index (χ0v) is 21.0. The van der Waals surface area contributed by atoms with Crippen LogP contribution in [0.5, 0.6) is 0 Å². The van der Waals surface area contributed by atoms with Gasteiger partial charge in [0.1, 0.15) is 0 Å². The van der Waals surface area contributed by atoms with Crippen molar-refractivity contribution in [2.24, 2.45) is 22.1 Å². The van der Waals surface area contributed by atoms with Gasteiger partial charge in [0.05, 0.1) is 25.4 Å². The van der Waals surface area contributed by atoms with Crippen LogP contribution in [0.25, 0.3) is 0 Å². The van der Waals surface area contributed by atoms with Gasteiger partial charge in [0.2, 0.25) is 0 Å². The molecule has 1 aromatic carbocycles. The van der Waals surface area contributed by atoms with Crippen LogP contribution in [-0.4, -0.2) is 49.2 Å². The van der Waals surface area contributed by atoms with Gasteiger partial charge in [-0.05, 0) is 81.4 Å². The molecule has 1 aliphatic heterocycles. The molecule has 3 aliphatic rings. The summed E-state index contributed by atoms with van der Waals surface area (Å²) in [5.74, 6) is 0.999. The van der Waals surface area contributed by atoms with Crippen LogP contribution in [0.3, 0.4) is 0 Å². The summed E-state index contributed by atoms with van der Waals surface area (Å²) < 4.78 is 11.4. The van der Waals surface area contributed by atoms with Gasteiger partial charge in [-0.1, -0.05) is 32.0 Å². The van der Waals surface area contributed by atoms with E-state index in [-0.39, 0.29) is 23.5 Å². The molecular weight excluding hydrogens is 414 g/mol. The fourth-order valence-corrected chi connectivity index (χ4v) is 6.21. The van der Waals surface area contributed by atoms with E-state index in [1.165, 1.54) is 11.1 Å². The number of aryl methyl sites for hydroxylation is 1. The quantitative estimate of drug-likeness (QED) is 0.638. The Morgan fingerprint density at radius 1 is 1.21 bits per heavy atom. The first kappa shape index (κ1) is 24.2. The normalized spacial score (nSPS) is 29.1. The smallest absolute Gasteiger partial charge is 0.262 e. The molecule has 0 bridgehead atoms. The van der Waals surface area contributed by atoms with Crippen LogP contribution in [0.4, 0.5) is 0 Å². The second-order valence-electron chi connectivity index (χ2n) is 10.9. The number of amides is 1. The highest BCUT2D eigenvalue weighted by Gasteiger charge is 2.66. The summed E-state index contributed by atoms with van der Waals surface area (Å²) >= 11 is 0. The number of rotatable bonds is 8. The molecule has 1 aromatic rings. The van der Waals surface area contributed by atoms with Crippen molar-refractivity contribution in [1.82, 2.24) is 4.90 Å². The van der Waals surface area contributed by atoms with Crippen molar-refractivity contribution in [3.05, 3.63) is 34.9 Å². The number of hydrogen-bond donors (Lipinski definition) is 1. The zero-order chi connectivity index (χ0) is 23.8. The maximum Gasteiger partial charge on any atom is 0.262 e. The molecule has 33 heavy (non-hydrogen) atoms. The lowest BCUT2D eigenvalue weighted by Gasteiger charge is -2.45. The largest absolute Gasteiger partial charge is 0.383 e. The van der Waals surface area contributed by atoms with Crippen LogP contribution in [0, 0.1) is 11.3 Å². The maximum absolute atomic E-state index is 14.2. The van der Waals surface area contributed by atoms with Gasteiger partial charge in [-0.2, -0.15) is 0 Å². The average molecular weight is 456 g/mol. The number of ether oxygens (including phenoxy) is 2. The van der Waals surface area contributed by atoms with Crippen LogP contribution in [-0.2, 0) is 32.6 Å². The van der Waals surface area contributed by atoms with E-state index in [0.717, 1.165) is 50.5 Å². The maximum atomic E-state index is 14.2. The second-order valence-corrected chi connectivity index (χ2v) is 10.9. The number of nitrogens with zero attached hydrogens (tertiary/aromatic N) is 2. The van der Waals surface area contributed by atoms with Crippen molar-refractivity contribution in [3.63, 3.8) is 0 Å². The minimum Gasteiger partial charge on any atom is -0.383 e. The zero-order valence-electron chi connectivity index (χ0n) is 21.0. The van der Waals surface area contributed by atoms with Crippen LogP contribution in [0.1, 0.15) is 76.5 Å². The summed E-state index contributed by atoms with van der Waals surface area (Å²) in [6.07, 6.45) is 7.23. The highest BCUT2D eigenvalue weighted by Crippen LogP contribution is 2.62.